The smallest absolute Gasteiger partial charge is 0.265 e. The second-order valence-corrected chi connectivity index (χ2v) is 8.50. The van der Waals surface area contributed by atoms with E-state index >= 15 is 0 Å². The number of rotatable bonds is 8. The molecule has 0 aliphatic carbocycles. The minimum absolute atomic E-state index is 0.189. The number of nitrogens with one attached hydrogen (secondary N) is 2. The summed E-state index contributed by atoms with van der Waals surface area (Å²) in [5.74, 6) is 0.356. The summed E-state index contributed by atoms with van der Waals surface area (Å²) in [5, 5.41) is 2.80. The third-order valence-electron chi connectivity index (χ3n) is 4.42. The van der Waals surface area contributed by atoms with E-state index in [0.717, 1.165) is 5.56 Å². The monoisotopic (exact) mass is 424 g/mol. The molecule has 156 valence electrons. The van der Waals surface area contributed by atoms with Crippen molar-refractivity contribution < 1.29 is 17.9 Å². The summed E-state index contributed by atoms with van der Waals surface area (Å²) in [4.78, 5) is 12.7. The van der Waals surface area contributed by atoms with Gasteiger partial charge in [-0.3, -0.25) is 9.52 Å². The lowest BCUT2D eigenvalue weighted by molar-refractivity contribution is -0.122. The van der Waals surface area contributed by atoms with Crippen molar-refractivity contribution in [2.75, 3.05) is 10.0 Å². The van der Waals surface area contributed by atoms with Crippen LogP contribution in [0.1, 0.15) is 18.9 Å². The van der Waals surface area contributed by atoms with Crippen LogP contribution in [0.4, 0.5) is 11.4 Å². The fourth-order valence-electron chi connectivity index (χ4n) is 2.76. The number of hydrogen-bond donors (Lipinski definition) is 2. The van der Waals surface area contributed by atoms with E-state index < -0.39 is 16.1 Å². The molecule has 0 fully saturated rings. The van der Waals surface area contributed by atoms with Crippen molar-refractivity contribution in [2.24, 2.45) is 0 Å². The predicted octanol–water partition coefficient (Wildman–Crippen LogP) is 4.59. The molecule has 7 heteroatoms. The van der Waals surface area contributed by atoms with Gasteiger partial charge < -0.3 is 10.1 Å². The van der Waals surface area contributed by atoms with Gasteiger partial charge in [-0.25, -0.2) is 8.42 Å². The fraction of sp³-hybridized carbons (Fsp3) is 0.174. The minimum atomic E-state index is -3.68. The number of para-hydroxylation sites is 1. The molecule has 3 aromatic carbocycles. The number of amides is 1. The van der Waals surface area contributed by atoms with E-state index in [9.17, 15) is 13.2 Å². The van der Waals surface area contributed by atoms with Crippen molar-refractivity contribution in [1.82, 2.24) is 0 Å². The fourth-order valence-corrected chi connectivity index (χ4v) is 3.82. The lowest BCUT2D eigenvalue weighted by atomic mass is 10.2. The summed E-state index contributed by atoms with van der Waals surface area (Å²) in [7, 11) is -3.68. The van der Waals surface area contributed by atoms with Crippen LogP contribution >= 0.6 is 0 Å². The summed E-state index contributed by atoms with van der Waals surface area (Å²) in [6.07, 6.45) is -0.123. The van der Waals surface area contributed by atoms with Crippen LogP contribution < -0.4 is 14.8 Å². The third kappa shape index (κ3) is 5.61. The van der Waals surface area contributed by atoms with E-state index in [1.54, 1.807) is 60.7 Å². The SMILES string of the molecule is CCC(Oc1ccccc1)C(=O)Nc1ccc(NS(=O)(=O)c2ccc(C)cc2)cc1. The molecule has 3 rings (SSSR count). The Labute approximate surface area is 177 Å². The zero-order valence-corrected chi connectivity index (χ0v) is 17.6. The van der Waals surface area contributed by atoms with E-state index in [0.29, 0.717) is 23.5 Å². The molecule has 0 aliphatic heterocycles. The first-order valence-corrected chi connectivity index (χ1v) is 11.1. The Morgan fingerprint density at radius 1 is 0.900 bits per heavy atom. The Morgan fingerprint density at radius 3 is 2.10 bits per heavy atom. The molecule has 1 unspecified atom stereocenters. The Balaban J connectivity index is 1.63. The molecule has 0 radical (unpaired) electrons. The molecule has 3 aromatic rings. The summed E-state index contributed by atoms with van der Waals surface area (Å²) in [6.45, 7) is 3.76. The molecular formula is C23H24N2O4S. The highest BCUT2D eigenvalue weighted by Gasteiger charge is 2.19. The van der Waals surface area contributed by atoms with E-state index in [4.69, 9.17) is 4.74 Å². The summed E-state index contributed by atoms with van der Waals surface area (Å²) < 4.78 is 33.2. The molecule has 2 N–H and O–H groups in total. The van der Waals surface area contributed by atoms with Crippen LogP contribution in [0, 0.1) is 6.92 Å². The standard InChI is InChI=1S/C23H24N2O4S/c1-3-22(29-20-7-5-4-6-8-20)23(26)24-18-11-13-19(14-12-18)25-30(27,28)21-15-9-17(2)10-16-21/h4-16,22,25H,3H2,1-2H3,(H,24,26). The van der Waals surface area contributed by atoms with Crippen molar-refractivity contribution in [2.45, 2.75) is 31.3 Å². The molecule has 1 atom stereocenters. The Bertz CT molecular complexity index is 1080. The van der Waals surface area contributed by atoms with Gasteiger partial charge in [0.1, 0.15) is 5.75 Å². The van der Waals surface area contributed by atoms with Gasteiger partial charge >= 0.3 is 0 Å². The molecule has 0 heterocycles. The van der Waals surface area contributed by atoms with Crippen molar-refractivity contribution >= 4 is 27.3 Å². The molecule has 0 bridgehead atoms. The van der Waals surface area contributed by atoms with E-state index in [1.165, 1.54) is 0 Å². The average molecular weight is 425 g/mol. The molecule has 1 amide bonds. The molecular weight excluding hydrogens is 400 g/mol. The Kier molecular flexibility index (Phi) is 6.74. The number of carbonyl (C=O) groups excluding carboxylic acids is 1. The van der Waals surface area contributed by atoms with E-state index in [-0.39, 0.29) is 10.8 Å². The summed E-state index contributed by atoms with van der Waals surface area (Å²) in [6, 6.07) is 22.2. The van der Waals surface area contributed by atoms with Crippen LogP contribution in [0.3, 0.4) is 0 Å². The van der Waals surface area contributed by atoms with Gasteiger partial charge in [-0.05, 0) is 61.9 Å². The predicted molar refractivity (Wildman–Crippen MR) is 118 cm³/mol. The lowest BCUT2D eigenvalue weighted by Gasteiger charge is -2.17. The van der Waals surface area contributed by atoms with E-state index in [1.807, 2.05) is 32.0 Å². The van der Waals surface area contributed by atoms with Crippen LogP contribution in [0.15, 0.2) is 83.8 Å². The number of anilines is 2. The lowest BCUT2D eigenvalue weighted by Crippen LogP contribution is -2.32. The maximum absolute atomic E-state index is 12.5. The van der Waals surface area contributed by atoms with Crippen LogP contribution in [0.5, 0.6) is 5.75 Å². The van der Waals surface area contributed by atoms with Gasteiger partial charge in [0.2, 0.25) is 0 Å². The zero-order valence-electron chi connectivity index (χ0n) is 16.8. The van der Waals surface area contributed by atoms with Crippen LogP contribution in [0.2, 0.25) is 0 Å². The number of carbonyl (C=O) groups is 1. The second-order valence-electron chi connectivity index (χ2n) is 6.81. The zero-order chi connectivity index (χ0) is 21.6. The maximum atomic E-state index is 12.5. The number of ether oxygens (including phenoxy) is 1. The highest BCUT2D eigenvalue weighted by molar-refractivity contribution is 7.92. The maximum Gasteiger partial charge on any atom is 0.265 e. The topological polar surface area (TPSA) is 84.5 Å². The molecule has 0 saturated heterocycles. The van der Waals surface area contributed by atoms with Crippen molar-refractivity contribution in [1.29, 1.82) is 0 Å². The first-order chi connectivity index (χ1) is 14.4. The van der Waals surface area contributed by atoms with E-state index in [2.05, 4.69) is 10.0 Å². The van der Waals surface area contributed by atoms with Gasteiger partial charge in [0, 0.05) is 11.4 Å². The van der Waals surface area contributed by atoms with Gasteiger partial charge in [0.15, 0.2) is 6.10 Å². The molecule has 0 aromatic heterocycles. The molecule has 0 spiro atoms. The van der Waals surface area contributed by atoms with Gasteiger partial charge in [0.05, 0.1) is 4.90 Å². The second kappa shape index (κ2) is 9.45. The Hall–Kier alpha value is -3.32. The highest BCUT2D eigenvalue weighted by Crippen LogP contribution is 2.20. The third-order valence-corrected chi connectivity index (χ3v) is 5.82. The largest absolute Gasteiger partial charge is 0.481 e. The number of hydrogen-bond acceptors (Lipinski definition) is 4. The molecule has 0 saturated carbocycles. The summed E-state index contributed by atoms with van der Waals surface area (Å²) in [5.41, 5.74) is 1.94. The van der Waals surface area contributed by atoms with Gasteiger partial charge in [-0.2, -0.15) is 0 Å². The number of benzene rings is 3. The highest BCUT2D eigenvalue weighted by atomic mass is 32.2. The average Bonchev–Trinajstić information content (AvgIpc) is 2.74. The van der Waals surface area contributed by atoms with Crippen LogP contribution in [-0.4, -0.2) is 20.4 Å². The number of sulfonamides is 1. The normalized spacial score (nSPS) is 12.1. The first-order valence-electron chi connectivity index (χ1n) is 9.59. The van der Waals surface area contributed by atoms with Gasteiger partial charge in [-0.1, -0.05) is 42.8 Å². The van der Waals surface area contributed by atoms with Crippen molar-refractivity contribution in [3.63, 3.8) is 0 Å². The molecule has 6 nitrogen and oxygen atoms in total. The summed E-state index contributed by atoms with van der Waals surface area (Å²) >= 11 is 0. The van der Waals surface area contributed by atoms with Crippen LogP contribution in [0.25, 0.3) is 0 Å². The quantitative estimate of drug-likeness (QED) is 0.554. The molecule has 0 aliphatic rings. The van der Waals surface area contributed by atoms with Crippen molar-refractivity contribution in [3.8, 4) is 5.75 Å². The van der Waals surface area contributed by atoms with Crippen molar-refractivity contribution in [3.05, 3.63) is 84.4 Å². The molecule has 30 heavy (non-hydrogen) atoms. The minimum Gasteiger partial charge on any atom is -0.481 e. The van der Waals surface area contributed by atoms with Crippen LogP contribution in [-0.2, 0) is 14.8 Å². The first kappa shape index (κ1) is 21.4. The number of aryl methyl sites for hydroxylation is 1. The van der Waals surface area contributed by atoms with Gasteiger partial charge in [0.25, 0.3) is 15.9 Å². The Morgan fingerprint density at radius 2 is 1.50 bits per heavy atom. The van der Waals surface area contributed by atoms with Gasteiger partial charge in [-0.15, -0.1) is 0 Å².